The standard InChI is InChI=1S/C30H28N6O4S/c1-41(39,40)34-21-12-20(13-32-15-21)26-22-7-3-2-6-19(22)14-33-24(26)16-36-25-9-5-4-8-23(25)29(27(36)37)17-35(18-29)28(38)30(31)10-11-30/h2-9,12-15,34H,10-11,16-18,31H2,1H3. The average Bonchev–Trinajstić information content (AvgIpc) is 3.63. The molecule has 2 aromatic heterocycles. The molecule has 1 saturated carbocycles. The van der Waals surface area contributed by atoms with Crippen LogP contribution in [0.25, 0.3) is 21.9 Å². The molecule has 0 atom stereocenters. The third-order valence-electron chi connectivity index (χ3n) is 8.30. The number of para-hydroxylation sites is 1. The van der Waals surface area contributed by atoms with Crippen LogP contribution in [0.5, 0.6) is 0 Å². The largest absolute Gasteiger partial charge is 0.338 e. The number of hydrogen-bond acceptors (Lipinski definition) is 7. The zero-order valence-electron chi connectivity index (χ0n) is 22.4. The summed E-state index contributed by atoms with van der Waals surface area (Å²) in [7, 11) is -3.51. The van der Waals surface area contributed by atoms with Gasteiger partial charge in [0, 0.05) is 47.7 Å². The van der Waals surface area contributed by atoms with Crippen LogP contribution in [0, 0.1) is 0 Å². The monoisotopic (exact) mass is 568 g/mol. The number of amides is 2. The van der Waals surface area contributed by atoms with Crippen LogP contribution in [0.1, 0.15) is 24.1 Å². The molecule has 4 aromatic rings. The Morgan fingerprint density at radius 1 is 1.05 bits per heavy atom. The first kappa shape index (κ1) is 25.6. The third kappa shape index (κ3) is 4.15. The molecule has 7 rings (SSSR count). The lowest BCUT2D eigenvalue weighted by atomic mass is 9.74. The van der Waals surface area contributed by atoms with Crippen molar-refractivity contribution in [2.45, 2.75) is 30.3 Å². The number of benzene rings is 2. The quantitative estimate of drug-likeness (QED) is 0.365. The molecule has 11 heteroatoms. The summed E-state index contributed by atoms with van der Waals surface area (Å²) in [6, 6.07) is 17.2. The van der Waals surface area contributed by atoms with Crippen molar-refractivity contribution >= 4 is 44.0 Å². The number of nitrogens with one attached hydrogen (secondary N) is 1. The van der Waals surface area contributed by atoms with Gasteiger partial charge in [-0.3, -0.25) is 24.3 Å². The molecule has 2 aliphatic heterocycles. The maximum Gasteiger partial charge on any atom is 0.242 e. The molecule has 0 bridgehead atoms. The smallest absolute Gasteiger partial charge is 0.242 e. The number of pyridine rings is 2. The Balaban J connectivity index is 1.28. The van der Waals surface area contributed by atoms with Crippen LogP contribution in [0.3, 0.4) is 0 Å². The number of rotatable bonds is 6. The first-order valence-electron chi connectivity index (χ1n) is 13.4. The molecule has 1 aliphatic carbocycles. The fourth-order valence-electron chi connectivity index (χ4n) is 6.11. The number of carbonyl (C=O) groups excluding carboxylic acids is 2. The number of fused-ring (bicyclic) bond motifs is 3. The summed E-state index contributed by atoms with van der Waals surface area (Å²) in [5, 5.41) is 1.81. The Bertz CT molecular complexity index is 1860. The Morgan fingerprint density at radius 2 is 1.78 bits per heavy atom. The molecule has 10 nitrogen and oxygen atoms in total. The van der Waals surface area contributed by atoms with Gasteiger partial charge in [-0.2, -0.15) is 0 Å². The van der Waals surface area contributed by atoms with Crippen molar-refractivity contribution in [3.05, 3.63) is 84.4 Å². The van der Waals surface area contributed by atoms with E-state index in [1.54, 1.807) is 28.3 Å². The van der Waals surface area contributed by atoms with Gasteiger partial charge in [0.25, 0.3) is 0 Å². The molecule has 1 spiro atoms. The first-order valence-corrected chi connectivity index (χ1v) is 15.3. The number of nitrogens with two attached hydrogens (primary N) is 1. The van der Waals surface area contributed by atoms with E-state index in [4.69, 9.17) is 10.7 Å². The molecule has 2 fully saturated rings. The van der Waals surface area contributed by atoms with Crippen LogP contribution in [0.4, 0.5) is 11.4 Å². The molecular formula is C30H28N6O4S. The van der Waals surface area contributed by atoms with Gasteiger partial charge < -0.3 is 15.5 Å². The van der Waals surface area contributed by atoms with Gasteiger partial charge in [0.2, 0.25) is 21.8 Å². The van der Waals surface area contributed by atoms with E-state index in [2.05, 4.69) is 9.71 Å². The molecular weight excluding hydrogens is 540 g/mol. The number of hydrogen-bond donors (Lipinski definition) is 2. The van der Waals surface area contributed by atoms with Crippen LogP contribution < -0.4 is 15.4 Å². The average molecular weight is 569 g/mol. The van der Waals surface area contributed by atoms with Gasteiger partial charge in [-0.25, -0.2) is 8.42 Å². The van der Waals surface area contributed by atoms with Crippen molar-refractivity contribution < 1.29 is 18.0 Å². The van der Waals surface area contributed by atoms with Crippen LogP contribution in [0.15, 0.2) is 73.2 Å². The van der Waals surface area contributed by atoms with Crippen molar-refractivity contribution in [1.82, 2.24) is 14.9 Å². The van der Waals surface area contributed by atoms with Crippen molar-refractivity contribution in [2.24, 2.45) is 5.73 Å². The number of likely N-dealkylation sites (tertiary alicyclic amines) is 1. The lowest BCUT2D eigenvalue weighted by Gasteiger charge is -2.47. The SMILES string of the molecule is CS(=O)(=O)Nc1cncc(-c2c(CN3C(=O)C4(CN(C(=O)C5(N)CC5)C4)c4ccccc43)ncc3ccccc23)c1. The number of aromatic nitrogens is 2. The summed E-state index contributed by atoms with van der Waals surface area (Å²) in [5.41, 5.74) is 8.70. The summed E-state index contributed by atoms with van der Waals surface area (Å²) >= 11 is 0. The van der Waals surface area contributed by atoms with Crippen LogP contribution >= 0.6 is 0 Å². The van der Waals surface area contributed by atoms with E-state index < -0.39 is 21.0 Å². The highest BCUT2D eigenvalue weighted by atomic mass is 32.2. The van der Waals surface area contributed by atoms with E-state index in [0.717, 1.165) is 33.8 Å². The minimum atomic E-state index is -3.51. The molecule has 3 aliphatic rings. The van der Waals surface area contributed by atoms with E-state index in [0.29, 0.717) is 42.9 Å². The first-order chi connectivity index (χ1) is 19.6. The van der Waals surface area contributed by atoms with Crippen molar-refractivity contribution in [2.75, 3.05) is 29.0 Å². The van der Waals surface area contributed by atoms with Gasteiger partial charge >= 0.3 is 0 Å². The molecule has 2 aromatic carbocycles. The normalized spacial score (nSPS) is 18.3. The summed E-state index contributed by atoms with van der Waals surface area (Å²) < 4.78 is 26.3. The third-order valence-corrected chi connectivity index (χ3v) is 8.91. The molecule has 4 heterocycles. The van der Waals surface area contributed by atoms with E-state index in [1.165, 1.54) is 6.20 Å². The predicted molar refractivity (Wildman–Crippen MR) is 155 cm³/mol. The Kier molecular flexibility index (Phi) is 5.51. The molecule has 2 amide bonds. The second-order valence-electron chi connectivity index (χ2n) is 11.3. The lowest BCUT2D eigenvalue weighted by molar-refractivity contribution is -0.146. The maximum atomic E-state index is 14.2. The summed E-state index contributed by atoms with van der Waals surface area (Å²) in [4.78, 5) is 39.6. The molecule has 3 N–H and O–H groups in total. The summed E-state index contributed by atoms with van der Waals surface area (Å²) in [5.74, 6) is -0.156. The second kappa shape index (κ2) is 8.82. The van der Waals surface area contributed by atoms with Crippen LogP contribution in [-0.2, 0) is 31.6 Å². The second-order valence-corrected chi connectivity index (χ2v) is 13.1. The van der Waals surface area contributed by atoms with Gasteiger partial charge in [0.15, 0.2) is 0 Å². The fourth-order valence-corrected chi connectivity index (χ4v) is 6.65. The molecule has 1 saturated heterocycles. The van der Waals surface area contributed by atoms with Gasteiger partial charge in [0.1, 0.15) is 5.41 Å². The van der Waals surface area contributed by atoms with Gasteiger partial charge in [-0.15, -0.1) is 0 Å². The van der Waals surface area contributed by atoms with Gasteiger partial charge in [0.05, 0.1) is 35.9 Å². The number of sulfonamides is 1. The van der Waals surface area contributed by atoms with Crippen LogP contribution in [0.2, 0.25) is 0 Å². The highest BCUT2D eigenvalue weighted by molar-refractivity contribution is 7.92. The zero-order chi connectivity index (χ0) is 28.6. The molecule has 0 radical (unpaired) electrons. The highest BCUT2D eigenvalue weighted by Crippen LogP contribution is 2.49. The molecule has 208 valence electrons. The molecule has 41 heavy (non-hydrogen) atoms. The number of nitrogens with zero attached hydrogens (tertiary/aromatic N) is 4. The Morgan fingerprint density at radius 3 is 2.54 bits per heavy atom. The van der Waals surface area contributed by atoms with E-state index >= 15 is 0 Å². The van der Waals surface area contributed by atoms with Gasteiger partial charge in [-0.05, 0) is 35.9 Å². The predicted octanol–water partition coefficient (Wildman–Crippen LogP) is 2.79. The maximum absolute atomic E-state index is 14.2. The topological polar surface area (TPSA) is 139 Å². The minimum absolute atomic E-state index is 0.0730. The number of anilines is 2. The Hall–Kier alpha value is -4.35. The summed E-state index contributed by atoms with van der Waals surface area (Å²) in [6.07, 6.45) is 7.34. The number of carbonyl (C=O) groups is 2. The lowest BCUT2D eigenvalue weighted by Crippen LogP contribution is -2.67. The molecule has 0 unspecified atom stereocenters. The van der Waals surface area contributed by atoms with Crippen molar-refractivity contribution in [3.8, 4) is 11.1 Å². The Labute approximate surface area is 237 Å². The van der Waals surface area contributed by atoms with E-state index in [9.17, 15) is 18.0 Å². The van der Waals surface area contributed by atoms with E-state index in [-0.39, 0.29) is 18.4 Å². The minimum Gasteiger partial charge on any atom is -0.338 e. The fraction of sp³-hybridized carbons (Fsp3) is 0.267. The van der Waals surface area contributed by atoms with Crippen molar-refractivity contribution in [1.29, 1.82) is 0 Å². The van der Waals surface area contributed by atoms with E-state index in [1.807, 2.05) is 48.5 Å². The van der Waals surface area contributed by atoms with Crippen molar-refractivity contribution in [3.63, 3.8) is 0 Å². The zero-order valence-corrected chi connectivity index (χ0v) is 23.2. The highest BCUT2D eigenvalue weighted by Gasteiger charge is 2.62. The summed E-state index contributed by atoms with van der Waals surface area (Å²) in [6.45, 7) is 0.798. The van der Waals surface area contributed by atoms with Gasteiger partial charge in [-0.1, -0.05) is 42.5 Å². The van der Waals surface area contributed by atoms with Crippen LogP contribution in [-0.4, -0.2) is 60.0 Å².